The quantitative estimate of drug-likeness (QED) is 0.764. The molecule has 1 unspecified atom stereocenters. The number of ether oxygens (including phenoxy) is 1. The van der Waals surface area contributed by atoms with Crippen molar-refractivity contribution in [3.05, 3.63) is 59.2 Å². The summed E-state index contributed by atoms with van der Waals surface area (Å²) in [6.07, 6.45) is 3.19. The Morgan fingerprint density at radius 3 is 2.41 bits per heavy atom. The molecule has 1 heterocycles. The summed E-state index contributed by atoms with van der Waals surface area (Å²) in [7, 11) is 1.66. The van der Waals surface area contributed by atoms with E-state index in [0.717, 1.165) is 30.0 Å². The van der Waals surface area contributed by atoms with Crippen molar-refractivity contribution in [2.75, 3.05) is 18.7 Å². The highest BCUT2D eigenvalue weighted by atomic mass is 16.5. The Bertz CT molecular complexity index is 872. The highest BCUT2D eigenvalue weighted by Gasteiger charge is 2.41. The van der Waals surface area contributed by atoms with Crippen LogP contribution in [-0.4, -0.2) is 31.5 Å². The smallest absolute Gasteiger partial charge is 0.303 e. The molecule has 2 aromatic carbocycles. The van der Waals surface area contributed by atoms with Gasteiger partial charge in [-0.15, -0.1) is 0 Å². The molecule has 0 aromatic heterocycles. The van der Waals surface area contributed by atoms with Gasteiger partial charge in [0.05, 0.1) is 24.4 Å². The summed E-state index contributed by atoms with van der Waals surface area (Å²) in [6, 6.07) is 14.4. The van der Waals surface area contributed by atoms with E-state index in [2.05, 4.69) is 19.1 Å². The standard InChI is InChI=1S/C22H24N2O3/c1-3-15-6-11-20-19(12-15)21(25)22(26)24(20)14-23(17-7-8-17)13-16-4-9-18(27-2)10-5-16/h4-6,9-12,17H,3,7-8,13-14H2,1-2H3/p+1. The fourth-order valence-corrected chi connectivity index (χ4v) is 3.75. The zero-order valence-electron chi connectivity index (χ0n) is 15.8. The number of nitrogens with zero attached hydrogens (tertiary/aromatic N) is 1. The Hall–Kier alpha value is -2.66. The number of methoxy groups -OCH3 is 1. The van der Waals surface area contributed by atoms with Crippen molar-refractivity contribution in [2.24, 2.45) is 0 Å². The van der Waals surface area contributed by atoms with Crippen LogP contribution >= 0.6 is 0 Å². The van der Waals surface area contributed by atoms with E-state index in [0.29, 0.717) is 18.3 Å². The van der Waals surface area contributed by atoms with Crippen molar-refractivity contribution >= 4 is 17.4 Å². The summed E-state index contributed by atoms with van der Waals surface area (Å²) in [4.78, 5) is 28.1. The minimum absolute atomic E-state index is 0.375. The van der Waals surface area contributed by atoms with Crippen LogP contribution in [0.25, 0.3) is 0 Å². The molecule has 1 N–H and O–H groups in total. The average Bonchev–Trinajstić information content (AvgIpc) is 3.52. The number of carbonyl (C=O) groups excluding carboxylic acids is 2. The van der Waals surface area contributed by atoms with E-state index in [4.69, 9.17) is 4.74 Å². The van der Waals surface area contributed by atoms with Gasteiger partial charge in [0.15, 0.2) is 6.67 Å². The number of amides is 1. The van der Waals surface area contributed by atoms with Gasteiger partial charge >= 0.3 is 5.91 Å². The molecule has 140 valence electrons. The minimum Gasteiger partial charge on any atom is -0.497 e. The summed E-state index contributed by atoms with van der Waals surface area (Å²) in [6.45, 7) is 3.41. The fraction of sp³-hybridized carbons (Fsp3) is 0.364. The highest BCUT2D eigenvalue weighted by Crippen LogP contribution is 2.29. The molecule has 5 nitrogen and oxygen atoms in total. The molecule has 1 fully saturated rings. The summed E-state index contributed by atoms with van der Waals surface area (Å²) in [5.41, 5.74) is 3.60. The lowest BCUT2D eigenvalue weighted by molar-refractivity contribution is -0.923. The van der Waals surface area contributed by atoms with Crippen molar-refractivity contribution in [2.45, 2.75) is 38.8 Å². The van der Waals surface area contributed by atoms with Gasteiger partial charge in [0.1, 0.15) is 12.3 Å². The van der Waals surface area contributed by atoms with Crippen molar-refractivity contribution in [1.82, 2.24) is 0 Å². The summed E-state index contributed by atoms with van der Waals surface area (Å²) >= 11 is 0. The topological polar surface area (TPSA) is 51.0 Å². The van der Waals surface area contributed by atoms with Crippen LogP contribution in [0.2, 0.25) is 0 Å². The number of hydrogen-bond donors (Lipinski definition) is 1. The lowest BCUT2D eigenvalue weighted by Gasteiger charge is -2.25. The zero-order chi connectivity index (χ0) is 19.0. The molecular formula is C22H25N2O3+. The van der Waals surface area contributed by atoms with Crippen molar-refractivity contribution in [3.8, 4) is 5.75 Å². The first-order valence-electron chi connectivity index (χ1n) is 9.57. The number of aryl methyl sites for hydroxylation is 1. The van der Waals surface area contributed by atoms with Gasteiger partial charge in [-0.25, -0.2) is 0 Å². The van der Waals surface area contributed by atoms with Gasteiger partial charge in [-0.05, 0) is 48.4 Å². The molecule has 4 rings (SSSR count). The number of quaternary nitrogens is 1. The second-order valence-corrected chi connectivity index (χ2v) is 7.38. The third-order valence-corrected chi connectivity index (χ3v) is 5.55. The molecule has 27 heavy (non-hydrogen) atoms. The molecule has 1 amide bonds. The molecule has 0 radical (unpaired) electrons. The molecule has 1 aliphatic carbocycles. The van der Waals surface area contributed by atoms with Crippen LogP contribution in [0.4, 0.5) is 5.69 Å². The lowest BCUT2D eigenvalue weighted by atomic mass is 10.1. The lowest BCUT2D eigenvalue weighted by Crippen LogP contribution is -3.13. The molecule has 2 aromatic rings. The molecule has 0 spiro atoms. The molecule has 5 heteroatoms. The number of benzene rings is 2. The van der Waals surface area contributed by atoms with Gasteiger partial charge in [0.25, 0.3) is 5.78 Å². The number of rotatable bonds is 7. The first-order chi connectivity index (χ1) is 13.1. The third kappa shape index (κ3) is 3.47. The van der Waals surface area contributed by atoms with E-state index < -0.39 is 5.91 Å². The molecule has 1 aliphatic heterocycles. The Labute approximate surface area is 159 Å². The van der Waals surface area contributed by atoms with Crippen molar-refractivity contribution in [3.63, 3.8) is 0 Å². The van der Waals surface area contributed by atoms with Crippen molar-refractivity contribution < 1.29 is 19.2 Å². The van der Waals surface area contributed by atoms with E-state index >= 15 is 0 Å². The van der Waals surface area contributed by atoms with Crippen LogP contribution in [0.3, 0.4) is 0 Å². The van der Waals surface area contributed by atoms with E-state index in [1.165, 1.54) is 23.3 Å². The largest absolute Gasteiger partial charge is 0.497 e. The molecule has 0 saturated heterocycles. The number of anilines is 1. The second-order valence-electron chi connectivity index (χ2n) is 7.38. The van der Waals surface area contributed by atoms with Crippen LogP contribution < -0.4 is 14.5 Å². The van der Waals surface area contributed by atoms with E-state index in [-0.39, 0.29) is 5.78 Å². The summed E-state index contributed by atoms with van der Waals surface area (Å²) in [5, 5.41) is 0. The van der Waals surface area contributed by atoms with Crippen LogP contribution in [0.15, 0.2) is 42.5 Å². The minimum atomic E-state index is -0.397. The zero-order valence-corrected chi connectivity index (χ0v) is 15.8. The number of carbonyl (C=O) groups is 2. The van der Waals surface area contributed by atoms with E-state index in [1.807, 2.05) is 30.3 Å². The van der Waals surface area contributed by atoms with Crippen LogP contribution in [0.1, 0.15) is 41.3 Å². The fourth-order valence-electron chi connectivity index (χ4n) is 3.75. The number of Topliss-reactive ketones (excluding diaryl/α,β-unsaturated/α-hetero) is 1. The monoisotopic (exact) mass is 365 g/mol. The third-order valence-electron chi connectivity index (χ3n) is 5.55. The Morgan fingerprint density at radius 1 is 1.07 bits per heavy atom. The SMILES string of the molecule is CCc1ccc2c(c1)C(=O)C(=O)N2C[NH+](Cc1ccc(OC)cc1)C1CC1. The number of ketones is 1. The van der Waals surface area contributed by atoms with Gasteiger partial charge in [-0.2, -0.15) is 0 Å². The Kier molecular flexibility index (Phi) is 4.70. The summed E-state index contributed by atoms with van der Waals surface area (Å²) in [5.74, 6) is 0.0683. The van der Waals surface area contributed by atoms with Gasteiger partial charge in [0.2, 0.25) is 0 Å². The van der Waals surface area contributed by atoms with E-state index in [9.17, 15) is 9.59 Å². The first kappa shape index (κ1) is 17.7. The predicted molar refractivity (Wildman–Crippen MR) is 103 cm³/mol. The van der Waals surface area contributed by atoms with Crippen LogP contribution in [0.5, 0.6) is 5.75 Å². The Balaban J connectivity index is 1.55. The molecular weight excluding hydrogens is 340 g/mol. The molecule has 0 bridgehead atoms. The van der Waals surface area contributed by atoms with Crippen LogP contribution in [-0.2, 0) is 17.8 Å². The number of nitrogens with one attached hydrogen (secondary N) is 1. The average molecular weight is 365 g/mol. The summed E-state index contributed by atoms with van der Waals surface area (Å²) < 4.78 is 5.23. The molecule has 1 atom stereocenters. The van der Waals surface area contributed by atoms with Crippen LogP contribution in [0, 0.1) is 0 Å². The number of hydrogen-bond acceptors (Lipinski definition) is 3. The highest BCUT2D eigenvalue weighted by molar-refractivity contribution is 6.52. The predicted octanol–water partition coefficient (Wildman–Crippen LogP) is 1.99. The maximum Gasteiger partial charge on any atom is 0.303 e. The molecule has 1 saturated carbocycles. The Morgan fingerprint density at radius 2 is 1.78 bits per heavy atom. The van der Waals surface area contributed by atoms with Gasteiger partial charge in [-0.3, -0.25) is 14.5 Å². The maximum atomic E-state index is 12.6. The second kappa shape index (κ2) is 7.16. The normalized spacial score (nSPS) is 17.2. The number of fused-ring (bicyclic) bond motifs is 1. The van der Waals surface area contributed by atoms with Gasteiger partial charge in [-0.1, -0.05) is 13.0 Å². The van der Waals surface area contributed by atoms with E-state index in [1.54, 1.807) is 12.0 Å². The maximum absolute atomic E-state index is 12.6. The van der Waals surface area contributed by atoms with Crippen molar-refractivity contribution in [1.29, 1.82) is 0 Å². The van der Waals surface area contributed by atoms with Gasteiger partial charge in [0, 0.05) is 18.4 Å². The van der Waals surface area contributed by atoms with Gasteiger partial charge < -0.3 is 9.64 Å². The first-order valence-corrected chi connectivity index (χ1v) is 9.57. The molecule has 2 aliphatic rings.